The van der Waals surface area contributed by atoms with Crippen LogP contribution in [0.1, 0.15) is 16.7 Å². The normalized spacial score (nSPS) is 10.4. The summed E-state index contributed by atoms with van der Waals surface area (Å²) in [6, 6.07) is 22.5. The van der Waals surface area contributed by atoms with E-state index in [0.717, 1.165) is 32.8 Å². The van der Waals surface area contributed by atoms with Crippen LogP contribution in [-0.2, 0) is 13.2 Å². The first-order chi connectivity index (χ1) is 12.7. The molecule has 0 heterocycles. The lowest BCUT2D eigenvalue weighted by atomic mass is 10.2. The number of anilines is 1. The zero-order chi connectivity index (χ0) is 18.4. The minimum Gasteiger partial charge on any atom is -0.493 e. The van der Waals surface area contributed by atoms with Crippen molar-refractivity contribution in [3.63, 3.8) is 0 Å². The van der Waals surface area contributed by atoms with Gasteiger partial charge in [-0.05, 0) is 58.2 Å². The summed E-state index contributed by atoms with van der Waals surface area (Å²) in [6.07, 6.45) is 0. The highest BCUT2D eigenvalue weighted by atomic mass is 79.9. The molecule has 134 valence electrons. The molecule has 3 aromatic rings. The lowest BCUT2D eigenvalue weighted by Gasteiger charge is -2.15. The number of benzene rings is 3. The number of nitrogens with one attached hydrogen (secondary N) is 1. The first-order valence-electron chi connectivity index (χ1n) is 8.49. The maximum Gasteiger partial charge on any atom is 0.175 e. The van der Waals surface area contributed by atoms with Gasteiger partial charge in [-0.2, -0.15) is 0 Å². The van der Waals surface area contributed by atoms with Crippen LogP contribution < -0.4 is 14.8 Å². The van der Waals surface area contributed by atoms with Crippen molar-refractivity contribution < 1.29 is 9.47 Å². The van der Waals surface area contributed by atoms with Crippen molar-refractivity contribution >= 4 is 21.6 Å². The van der Waals surface area contributed by atoms with Crippen molar-refractivity contribution in [2.75, 3.05) is 12.4 Å². The first-order valence-corrected chi connectivity index (χ1v) is 9.28. The van der Waals surface area contributed by atoms with Crippen molar-refractivity contribution in [1.29, 1.82) is 0 Å². The second kappa shape index (κ2) is 8.77. The van der Waals surface area contributed by atoms with Gasteiger partial charge in [-0.3, -0.25) is 0 Å². The fourth-order valence-electron chi connectivity index (χ4n) is 2.62. The van der Waals surface area contributed by atoms with E-state index in [1.54, 1.807) is 7.11 Å². The smallest absolute Gasteiger partial charge is 0.175 e. The maximum absolute atomic E-state index is 5.98. The van der Waals surface area contributed by atoms with E-state index in [2.05, 4.69) is 58.5 Å². The highest BCUT2D eigenvalue weighted by Gasteiger charge is 2.12. The zero-order valence-electron chi connectivity index (χ0n) is 15.0. The molecule has 3 aromatic carbocycles. The van der Waals surface area contributed by atoms with Gasteiger partial charge < -0.3 is 14.8 Å². The van der Waals surface area contributed by atoms with Gasteiger partial charge in [-0.15, -0.1) is 0 Å². The van der Waals surface area contributed by atoms with Crippen LogP contribution in [0, 0.1) is 6.92 Å². The van der Waals surface area contributed by atoms with Crippen molar-refractivity contribution in [2.45, 2.75) is 20.1 Å². The third-order valence-electron chi connectivity index (χ3n) is 4.06. The van der Waals surface area contributed by atoms with Crippen LogP contribution in [0.3, 0.4) is 0 Å². The van der Waals surface area contributed by atoms with E-state index in [1.807, 2.05) is 36.4 Å². The molecule has 3 nitrogen and oxygen atoms in total. The Morgan fingerprint density at radius 1 is 0.923 bits per heavy atom. The molecule has 0 saturated carbocycles. The SMILES string of the molecule is COc1cc(CNc2ccc(C)cc2)cc(Br)c1OCc1ccccc1. The lowest BCUT2D eigenvalue weighted by Crippen LogP contribution is -2.02. The van der Waals surface area contributed by atoms with Gasteiger partial charge in [0.25, 0.3) is 0 Å². The van der Waals surface area contributed by atoms with Crippen molar-refractivity contribution in [2.24, 2.45) is 0 Å². The van der Waals surface area contributed by atoms with E-state index in [4.69, 9.17) is 9.47 Å². The maximum atomic E-state index is 5.98. The van der Waals surface area contributed by atoms with Crippen LogP contribution in [-0.4, -0.2) is 7.11 Å². The molecule has 0 aliphatic rings. The number of rotatable bonds is 7. The Morgan fingerprint density at radius 3 is 2.35 bits per heavy atom. The molecule has 0 bridgehead atoms. The predicted molar refractivity (Wildman–Crippen MR) is 110 cm³/mol. The molecule has 0 spiro atoms. The summed E-state index contributed by atoms with van der Waals surface area (Å²) in [5.74, 6) is 1.44. The van der Waals surface area contributed by atoms with Gasteiger partial charge >= 0.3 is 0 Å². The number of aryl methyl sites for hydroxylation is 1. The number of hydrogen-bond donors (Lipinski definition) is 1. The molecule has 0 atom stereocenters. The van der Waals surface area contributed by atoms with Gasteiger partial charge in [0.05, 0.1) is 11.6 Å². The van der Waals surface area contributed by atoms with E-state index < -0.39 is 0 Å². The Labute approximate surface area is 163 Å². The summed E-state index contributed by atoms with van der Waals surface area (Å²) in [7, 11) is 1.66. The molecular formula is C22H22BrNO2. The lowest BCUT2D eigenvalue weighted by molar-refractivity contribution is 0.282. The van der Waals surface area contributed by atoms with E-state index in [0.29, 0.717) is 13.2 Å². The Kier molecular flexibility index (Phi) is 6.18. The topological polar surface area (TPSA) is 30.5 Å². The van der Waals surface area contributed by atoms with Gasteiger partial charge in [-0.1, -0.05) is 48.0 Å². The summed E-state index contributed by atoms with van der Waals surface area (Å²) in [5, 5.41) is 3.43. The fraction of sp³-hybridized carbons (Fsp3) is 0.182. The van der Waals surface area contributed by atoms with Crippen LogP contribution in [0.5, 0.6) is 11.5 Å². The molecule has 0 aliphatic heterocycles. The third-order valence-corrected chi connectivity index (χ3v) is 4.65. The Hall–Kier alpha value is -2.46. The highest BCUT2D eigenvalue weighted by molar-refractivity contribution is 9.10. The summed E-state index contributed by atoms with van der Waals surface area (Å²) in [4.78, 5) is 0. The molecule has 0 amide bonds. The number of ether oxygens (including phenoxy) is 2. The molecule has 4 heteroatoms. The van der Waals surface area contributed by atoms with Crippen LogP contribution >= 0.6 is 15.9 Å². The predicted octanol–water partition coefficient (Wildman–Crippen LogP) is 5.96. The van der Waals surface area contributed by atoms with E-state index in [1.165, 1.54) is 5.56 Å². The minimum atomic E-state index is 0.497. The standard InChI is InChI=1S/C22H22BrNO2/c1-16-8-10-19(11-9-16)24-14-18-12-20(23)22(21(13-18)25-2)26-15-17-6-4-3-5-7-17/h3-13,24H,14-15H2,1-2H3. The summed E-state index contributed by atoms with van der Waals surface area (Å²) in [6.45, 7) is 3.29. The average Bonchev–Trinajstić information content (AvgIpc) is 2.67. The number of hydrogen-bond acceptors (Lipinski definition) is 3. The molecule has 0 aromatic heterocycles. The largest absolute Gasteiger partial charge is 0.493 e. The quantitative estimate of drug-likeness (QED) is 0.520. The molecule has 1 N–H and O–H groups in total. The zero-order valence-corrected chi connectivity index (χ0v) is 16.5. The van der Waals surface area contributed by atoms with E-state index in [9.17, 15) is 0 Å². The van der Waals surface area contributed by atoms with Crippen LogP contribution in [0.15, 0.2) is 71.2 Å². The molecule has 0 unspecified atom stereocenters. The van der Waals surface area contributed by atoms with Crippen molar-refractivity contribution in [3.05, 3.63) is 87.9 Å². The molecule has 3 rings (SSSR count). The van der Waals surface area contributed by atoms with E-state index >= 15 is 0 Å². The number of halogens is 1. The monoisotopic (exact) mass is 411 g/mol. The Bertz CT molecular complexity index is 848. The second-order valence-corrected chi connectivity index (χ2v) is 6.96. The summed E-state index contributed by atoms with van der Waals surface area (Å²) in [5.41, 5.74) is 4.57. The average molecular weight is 412 g/mol. The Morgan fingerprint density at radius 2 is 1.65 bits per heavy atom. The molecule has 0 saturated heterocycles. The van der Waals surface area contributed by atoms with Crippen LogP contribution in [0.4, 0.5) is 5.69 Å². The van der Waals surface area contributed by atoms with Crippen molar-refractivity contribution in [1.82, 2.24) is 0 Å². The summed E-state index contributed by atoms with van der Waals surface area (Å²) >= 11 is 3.62. The van der Waals surface area contributed by atoms with Gasteiger partial charge in [0.15, 0.2) is 11.5 Å². The Balaban J connectivity index is 1.70. The third kappa shape index (κ3) is 4.79. The van der Waals surface area contributed by atoms with Crippen LogP contribution in [0.25, 0.3) is 0 Å². The highest BCUT2D eigenvalue weighted by Crippen LogP contribution is 2.37. The fourth-order valence-corrected chi connectivity index (χ4v) is 3.22. The second-order valence-electron chi connectivity index (χ2n) is 6.10. The first kappa shape index (κ1) is 18.3. The van der Waals surface area contributed by atoms with E-state index in [-0.39, 0.29) is 0 Å². The summed E-state index contributed by atoms with van der Waals surface area (Å²) < 4.78 is 12.4. The van der Waals surface area contributed by atoms with Gasteiger partial charge in [0.1, 0.15) is 6.61 Å². The van der Waals surface area contributed by atoms with Gasteiger partial charge in [0.2, 0.25) is 0 Å². The molecular weight excluding hydrogens is 390 g/mol. The molecule has 0 aliphatic carbocycles. The molecule has 0 radical (unpaired) electrons. The van der Waals surface area contributed by atoms with Crippen molar-refractivity contribution in [3.8, 4) is 11.5 Å². The molecule has 26 heavy (non-hydrogen) atoms. The minimum absolute atomic E-state index is 0.497. The molecule has 0 fully saturated rings. The number of methoxy groups -OCH3 is 1. The van der Waals surface area contributed by atoms with Crippen LogP contribution in [0.2, 0.25) is 0 Å². The van der Waals surface area contributed by atoms with Gasteiger partial charge in [0, 0.05) is 12.2 Å². The van der Waals surface area contributed by atoms with Gasteiger partial charge in [-0.25, -0.2) is 0 Å².